The molecule has 1 aromatic heterocycles. The maximum atomic E-state index is 11.7. The van der Waals surface area contributed by atoms with Gasteiger partial charge in [0.15, 0.2) is 0 Å². The van der Waals surface area contributed by atoms with Crippen LogP contribution in [0.1, 0.15) is 24.3 Å². The second kappa shape index (κ2) is 4.76. The minimum absolute atomic E-state index is 0.217. The van der Waals surface area contributed by atoms with Crippen LogP contribution < -0.4 is 11.1 Å². The van der Waals surface area contributed by atoms with Crippen molar-refractivity contribution in [2.75, 3.05) is 0 Å². The van der Waals surface area contributed by atoms with E-state index in [0.29, 0.717) is 5.02 Å². The standard InChI is InChI=1S/C10H12ClN3OS/c1-10(2,9(12)16)14-8(15)7-4-3-6(11)5-13-7/h3-5H,1-2H3,(H2,12,16)(H,14,15). The zero-order valence-electron chi connectivity index (χ0n) is 8.95. The molecular formula is C10H12ClN3OS. The highest BCUT2D eigenvalue weighted by molar-refractivity contribution is 7.80. The molecule has 0 saturated heterocycles. The highest BCUT2D eigenvalue weighted by Crippen LogP contribution is 2.08. The van der Waals surface area contributed by atoms with Gasteiger partial charge in [-0.15, -0.1) is 0 Å². The molecule has 1 aromatic rings. The first-order valence-corrected chi connectivity index (χ1v) is 5.35. The summed E-state index contributed by atoms with van der Waals surface area (Å²) in [6.45, 7) is 3.45. The summed E-state index contributed by atoms with van der Waals surface area (Å²) < 4.78 is 0. The number of aromatic nitrogens is 1. The Bertz CT molecular complexity index is 417. The van der Waals surface area contributed by atoms with Gasteiger partial charge in [0.1, 0.15) is 5.69 Å². The number of rotatable bonds is 3. The van der Waals surface area contributed by atoms with Crippen molar-refractivity contribution in [2.45, 2.75) is 19.4 Å². The molecule has 0 bridgehead atoms. The second-order valence-electron chi connectivity index (χ2n) is 3.81. The van der Waals surface area contributed by atoms with Crippen molar-refractivity contribution in [2.24, 2.45) is 5.73 Å². The number of nitrogens with zero attached hydrogens (tertiary/aromatic N) is 1. The lowest BCUT2D eigenvalue weighted by atomic mass is 10.1. The van der Waals surface area contributed by atoms with Crippen LogP contribution in [0.2, 0.25) is 5.02 Å². The first-order valence-electron chi connectivity index (χ1n) is 4.57. The summed E-state index contributed by atoms with van der Waals surface area (Å²) in [6.07, 6.45) is 1.41. The van der Waals surface area contributed by atoms with Crippen molar-refractivity contribution in [3.8, 4) is 0 Å². The maximum Gasteiger partial charge on any atom is 0.270 e. The van der Waals surface area contributed by atoms with Crippen LogP contribution in [0, 0.1) is 0 Å². The number of thiocarbonyl (C=S) groups is 1. The normalized spacial score (nSPS) is 10.9. The summed E-state index contributed by atoms with van der Waals surface area (Å²) in [6, 6.07) is 3.13. The summed E-state index contributed by atoms with van der Waals surface area (Å²) in [7, 11) is 0. The Morgan fingerprint density at radius 1 is 1.56 bits per heavy atom. The molecule has 4 nitrogen and oxygen atoms in total. The Balaban J connectivity index is 2.81. The second-order valence-corrected chi connectivity index (χ2v) is 4.68. The third-order valence-corrected chi connectivity index (χ3v) is 2.74. The van der Waals surface area contributed by atoms with E-state index < -0.39 is 5.54 Å². The highest BCUT2D eigenvalue weighted by Gasteiger charge is 2.24. The van der Waals surface area contributed by atoms with Gasteiger partial charge in [0, 0.05) is 6.20 Å². The van der Waals surface area contributed by atoms with Gasteiger partial charge in [0.05, 0.1) is 15.6 Å². The molecule has 86 valence electrons. The predicted molar refractivity (Wildman–Crippen MR) is 67.6 cm³/mol. The molecule has 0 spiro atoms. The number of halogens is 1. The third kappa shape index (κ3) is 3.15. The number of carbonyl (C=O) groups is 1. The van der Waals surface area contributed by atoms with Crippen molar-refractivity contribution < 1.29 is 4.79 Å². The first-order chi connectivity index (χ1) is 7.33. The lowest BCUT2D eigenvalue weighted by Crippen LogP contribution is -2.52. The van der Waals surface area contributed by atoms with Gasteiger partial charge in [-0.05, 0) is 26.0 Å². The number of nitrogens with one attached hydrogen (secondary N) is 1. The van der Waals surface area contributed by atoms with Gasteiger partial charge in [-0.2, -0.15) is 0 Å². The van der Waals surface area contributed by atoms with E-state index in [0.717, 1.165) is 0 Å². The summed E-state index contributed by atoms with van der Waals surface area (Å²) >= 11 is 10.5. The molecule has 0 atom stereocenters. The van der Waals surface area contributed by atoms with Crippen LogP contribution in [0.3, 0.4) is 0 Å². The minimum Gasteiger partial charge on any atom is -0.391 e. The largest absolute Gasteiger partial charge is 0.391 e. The van der Waals surface area contributed by atoms with Crippen LogP contribution in [0.15, 0.2) is 18.3 Å². The SMILES string of the molecule is CC(C)(NC(=O)c1ccc(Cl)cn1)C(N)=S. The van der Waals surface area contributed by atoms with E-state index in [1.54, 1.807) is 19.9 Å². The molecule has 3 N–H and O–H groups in total. The van der Waals surface area contributed by atoms with Gasteiger partial charge in [-0.3, -0.25) is 4.79 Å². The van der Waals surface area contributed by atoms with Crippen molar-refractivity contribution >= 4 is 34.7 Å². The van der Waals surface area contributed by atoms with Crippen molar-refractivity contribution in [1.82, 2.24) is 10.3 Å². The molecule has 0 aliphatic rings. The van der Waals surface area contributed by atoms with Crippen LogP contribution in [0.4, 0.5) is 0 Å². The molecule has 0 aromatic carbocycles. The van der Waals surface area contributed by atoms with E-state index in [9.17, 15) is 4.79 Å². The fourth-order valence-electron chi connectivity index (χ4n) is 0.920. The van der Waals surface area contributed by atoms with Gasteiger partial charge in [-0.25, -0.2) is 4.98 Å². The van der Waals surface area contributed by atoms with Crippen molar-refractivity contribution in [3.05, 3.63) is 29.0 Å². The van der Waals surface area contributed by atoms with E-state index >= 15 is 0 Å². The molecule has 0 unspecified atom stereocenters. The van der Waals surface area contributed by atoms with Gasteiger partial charge >= 0.3 is 0 Å². The van der Waals surface area contributed by atoms with E-state index in [4.69, 9.17) is 29.6 Å². The quantitative estimate of drug-likeness (QED) is 0.806. The van der Waals surface area contributed by atoms with Gasteiger partial charge < -0.3 is 11.1 Å². The van der Waals surface area contributed by atoms with E-state index in [1.807, 2.05) is 0 Å². The molecule has 1 rings (SSSR count). The van der Waals surface area contributed by atoms with Gasteiger partial charge in [0.25, 0.3) is 5.91 Å². The monoisotopic (exact) mass is 257 g/mol. The Labute approximate surface area is 104 Å². The molecular weight excluding hydrogens is 246 g/mol. The average Bonchev–Trinajstić information content (AvgIpc) is 2.17. The number of hydrogen-bond donors (Lipinski definition) is 2. The molecule has 1 amide bonds. The van der Waals surface area contributed by atoms with E-state index in [2.05, 4.69) is 10.3 Å². The molecule has 0 radical (unpaired) electrons. The number of pyridine rings is 1. The Morgan fingerprint density at radius 3 is 2.62 bits per heavy atom. The minimum atomic E-state index is -0.742. The zero-order chi connectivity index (χ0) is 12.3. The fourth-order valence-corrected chi connectivity index (χ4v) is 1.08. The molecule has 0 aliphatic carbocycles. The molecule has 6 heteroatoms. The Kier molecular flexibility index (Phi) is 3.83. The first kappa shape index (κ1) is 12.9. The maximum absolute atomic E-state index is 11.7. The fraction of sp³-hybridized carbons (Fsp3) is 0.300. The molecule has 0 fully saturated rings. The third-order valence-electron chi connectivity index (χ3n) is 2.00. The predicted octanol–water partition coefficient (Wildman–Crippen LogP) is 1.53. The number of hydrogen-bond acceptors (Lipinski definition) is 3. The molecule has 0 aliphatic heterocycles. The zero-order valence-corrected chi connectivity index (χ0v) is 10.5. The van der Waals surface area contributed by atoms with E-state index in [-0.39, 0.29) is 16.6 Å². The lowest BCUT2D eigenvalue weighted by Gasteiger charge is -2.24. The van der Waals surface area contributed by atoms with Gasteiger partial charge in [0.2, 0.25) is 0 Å². The van der Waals surface area contributed by atoms with Crippen molar-refractivity contribution in [1.29, 1.82) is 0 Å². The van der Waals surface area contributed by atoms with Crippen LogP contribution in [-0.2, 0) is 0 Å². The number of carbonyl (C=O) groups excluding carboxylic acids is 1. The van der Waals surface area contributed by atoms with Crippen LogP contribution in [-0.4, -0.2) is 21.4 Å². The Hall–Kier alpha value is -1.20. The summed E-state index contributed by atoms with van der Waals surface area (Å²) in [4.78, 5) is 15.9. The van der Waals surface area contributed by atoms with Gasteiger partial charge in [-0.1, -0.05) is 23.8 Å². The van der Waals surface area contributed by atoms with Crippen LogP contribution in [0.5, 0.6) is 0 Å². The average molecular weight is 258 g/mol. The smallest absolute Gasteiger partial charge is 0.270 e. The summed E-state index contributed by atoms with van der Waals surface area (Å²) in [5, 5.41) is 3.16. The van der Waals surface area contributed by atoms with Crippen LogP contribution in [0.25, 0.3) is 0 Å². The molecule has 16 heavy (non-hydrogen) atoms. The number of nitrogens with two attached hydrogens (primary N) is 1. The van der Waals surface area contributed by atoms with E-state index in [1.165, 1.54) is 12.3 Å². The topological polar surface area (TPSA) is 68.0 Å². The highest BCUT2D eigenvalue weighted by atomic mass is 35.5. The molecule has 1 heterocycles. The lowest BCUT2D eigenvalue weighted by molar-refractivity contribution is 0.0927. The summed E-state index contributed by atoms with van der Waals surface area (Å²) in [5.41, 5.74) is 5.03. The van der Waals surface area contributed by atoms with Crippen molar-refractivity contribution in [3.63, 3.8) is 0 Å². The summed E-state index contributed by atoms with van der Waals surface area (Å²) in [5.74, 6) is -0.338. The number of amides is 1. The van der Waals surface area contributed by atoms with Crippen LogP contribution >= 0.6 is 23.8 Å². The Morgan fingerprint density at radius 2 is 2.19 bits per heavy atom. The molecule has 0 saturated carbocycles.